The van der Waals surface area contributed by atoms with Crippen LogP contribution in [0.5, 0.6) is 0 Å². The van der Waals surface area contributed by atoms with E-state index in [1.54, 1.807) is 5.43 Å². The minimum absolute atomic E-state index is 0.142. The van der Waals surface area contributed by atoms with E-state index in [1.807, 2.05) is 6.92 Å². The first-order chi connectivity index (χ1) is 7.06. The van der Waals surface area contributed by atoms with Gasteiger partial charge in [0, 0.05) is 13.6 Å². The molecule has 0 spiro atoms. The molecule has 0 unspecified atom stereocenters. The van der Waals surface area contributed by atoms with Gasteiger partial charge in [0.1, 0.15) is 0 Å². The Morgan fingerprint density at radius 1 is 1.33 bits per heavy atom. The van der Waals surface area contributed by atoms with Crippen LogP contribution >= 0.6 is 0 Å². The average molecular weight is 216 g/mol. The third-order valence-corrected chi connectivity index (χ3v) is 1.72. The van der Waals surface area contributed by atoms with Crippen LogP contribution in [0.1, 0.15) is 13.3 Å². The van der Waals surface area contributed by atoms with Crippen molar-refractivity contribution in [2.45, 2.75) is 13.3 Å². The van der Waals surface area contributed by atoms with Crippen LogP contribution in [0.15, 0.2) is 0 Å². The lowest BCUT2D eigenvalue weighted by molar-refractivity contribution is -0.147. The van der Waals surface area contributed by atoms with Crippen LogP contribution in [0.2, 0.25) is 0 Å². The lowest BCUT2D eigenvalue weighted by atomic mass is 10.3. The molecule has 0 saturated heterocycles. The molecule has 0 aromatic heterocycles. The molecule has 7 heteroatoms. The highest BCUT2D eigenvalue weighted by atomic mass is 16.2. The van der Waals surface area contributed by atoms with Crippen molar-refractivity contribution >= 4 is 17.7 Å². The first-order valence-corrected chi connectivity index (χ1v) is 4.57. The fourth-order valence-corrected chi connectivity index (χ4v) is 0.980. The summed E-state index contributed by atoms with van der Waals surface area (Å²) in [6.45, 7) is 2.03. The van der Waals surface area contributed by atoms with Crippen LogP contribution in [-0.4, -0.2) is 42.8 Å². The zero-order chi connectivity index (χ0) is 11.8. The highest BCUT2D eigenvalue weighted by Crippen LogP contribution is 1.92. The van der Waals surface area contributed by atoms with Gasteiger partial charge in [-0.3, -0.25) is 19.8 Å². The summed E-state index contributed by atoms with van der Waals surface area (Å²) >= 11 is 0. The molecule has 0 radical (unpaired) electrons. The third-order valence-electron chi connectivity index (χ3n) is 1.72. The zero-order valence-electron chi connectivity index (χ0n) is 8.87. The first-order valence-electron chi connectivity index (χ1n) is 4.57. The van der Waals surface area contributed by atoms with Crippen molar-refractivity contribution in [3.63, 3.8) is 0 Å². The minimum atomic E-state index is -0.924. The van der Waals surface area contributed by atoms with E-state index in [9.17, 15) is 14.4 Å². The fraction of sp³-hybridized carbons (Fsp3) is 0.625. The molecular formula is C8H16N4O3. The van der Waals surface area contributed by atoms with Gasteiger partial charge in [-0.2, -0.15) is 0 Å². The molecule has 0 saturated carbocycles. The summed E-state index contributed by atoms with van der Waals surface area (Å²) in [6.07, 6.45) is 0.653. The van der Waals surface area contributed by atoms with Gasteiger partial charge in [0.2, 0.25) is 5.91 Å². The smallest absolute Gasteiger partial charge is 0.323 e. The number of hydrogen-bond donors (Lipinski definition) is 3. The number of amides is 3. The maximum Gasteiger partial charge on any atom is 0.323 e. The Hall–Kier alpha value is -1.63. The quantitative estimate of drug-likeness (QED) is 0.218. The normalized spacial score (nSPS) is 9.27. The van der Waals surface area contributed by atoms with Gasteiger partial charge < -0.3 is 10.2 Å². The van der Waals surface area contributed by atoms with Crippen LogP contribution < -0.4 is 16.6 Å². The second-order valence-corrected chi connectivity index (χ2v) is 2.87. The number of likely N-dealkylation sites (N-methyl/N-ethyl adjacent to an activating group) is 1. The summed E-state index contributed by atoms with van der Waals surface area (Å²) in [5, 5.41) is 2.37. The molecule has 0 bridgehead atoms. The van der Waals surface area contributed by atoms with Crippen molar-refractivity contribution in [3.05, 3.63) is 0 Å². The number of carbonyl (C=O) groups excluding carboxylic acids is 3. The standard InChI is InChI=1S/C8H16N4O3/c1-3-4-12(5-6(13)10-2)8(15)7(14)11-9/h3-5,9H2,1-2H3,(H,10,13)(H,11,14). The molecule has 0 atom stereocenters. The molecule has 0 rings (SSSR count). The summed E-state index contributed by atoms with van der Waals surface area (Å²) in [4.78, 5) is 34.5. The lowest BCUT2D eigenvalue weighted by Gasteiger charge is -2.19. The molecule has 0 fully saturated rings. The second kappa shape index (κ2) is 6.77. The first kappa shape index (κ1) is 13.4. The van der Waals surface area contributed by atoms with Crippen LogP contribution in [0.3, 0.4) is 0 Å². The van der Waals surface area contributed by atoms with Crippen molar-refractivity contribution in [1.82, 2.24) is 15.6 Å². The van der Waals surface area contributed by atoms with Crippen molar-refractivity contribution in [2.24, 2.45) is 5.84 Å². The van der Waals surface area contributed by atoms with E-state index in [2.05, 4.69) is 5.32 Å². The Morgan fingerprint density at radius 2 is 1.93 bits per heavy atom. The summed E-state index contributed by atoms with van der Waals surface area (Å²) in [7, 11) is 1.46. The van der Waals surface area contributed by atoms with Gasteiger partial charge in [0.25, 0.3) is 0 Å². The molecule has 15 heavy (non-hydrogen) atoms. The van der Waals surface area contributed by atoms with Crippen molar-refractivity contribution in [3.8, 4) is 0 Å². The summed E-state index contributed by atoms with van der Waals surface area (Å²) in [5.41, 5.74) is 1.73. The molecule has 86 valence electrons. The maximum absolute atomic E-state index is 11.4. The Labute approximate surface area is 87.9 Å². The Balaban J connectivity index is 4.44. The van der Waals surface area contributed by atoms with E-state index < -0.39 is 11.8 Å². The molecule has 0 aliphatic carbocycles. The highest BCUT2D eigenvalue weighted by Gasteiger charge is 2.21. The van der Waals surface area contributed by atoms with Crippen molar-refractivity contribution < 1.29 is 14.4 Å². The van der Waals surface area contributed by atoms with E-state index in [1.165, 1.54) is 7.05 Å². The van der Waals surface area contributed by atoms with Crippen LogP contribution in [0, 0.1) is 0 Å². The van der Waals surface area contributed by atoms with E-state index in [4.69, 9.17) is 5.84 Å². The minimum Gasteiger partial charge on any atom is -0.358 e. The van der Waals surface area contributed by atoms with Crippen molar-refractivity contribution in [1.29, 1.82) is 0 Å². The monoisotopic (exact) mass is 216 g/mol. The zero-order valence-corrected chi connectivity index (χ0v) is 8.87. The van der Waals surface area contributed by atoms with Gasteiger partial charge in [-0.25, -0.2) is 5.84 Å². The third kappa shape index (κ3) is 4.41. The molecule has 0 heterocycles. The van der Waals surface area contributed by atoms with Crippen LogP contribution in [-0.2, 0) is 14.4 Å². The van der Waals surface area contributed by atoms with Crippen LogP contribution in [0.4, 0.5) is 0 Å². The molecular weight excluding hydrogens is 200 g/mol. The molecule has 4 N–H and O–H groups in total. The highest BCUT2D eigenvalue weighted by molar-refractivity contribution is 6.35. The molecule has 0 aromatic carbocycles. The molecule has 0 aromatic rings. The van der Waals surface area contributed by atoms with Crippen molar-refractivity contribution in [2.75, 3.05) is 20.1 Å². The number of carbonyl (C=O) groups is 3. The number of hydrazine groups is 1. The second-order valence-electron chi connectivity index (χ2n) is 2.87. The van der Waals surface area contributed by atoms with E-state index in [0.29, 0.717) is 13.0 Å². The molecule has 0 aliphatic heterocycles. The van der Waals surface area contributed by atoms with Gasteiger partial charge in [0.05, 0.1) is 6.54 Å². The number of hydrogen-bond acceptors (Lipinski definition) is 4. The summed E-state index contributed by atoms with van der Waals surface area (Å²) in [6, 6.07) is 0. The van der Waals surface area contributed by atoms with Gasteiger partial charge in [-0.1, -0.05) is 6.92 Å². The molecule has 7 nitrogen and oxygen atoms in total. The number of nitrogens with zero attached hydrogens (tertiary/aromatic N) is 1. The summed E-state index contributed by atoms with van der Waals surface area (Å²) in [5.74, 6) is 2.76. The van der Waals surface area contributed by atoms with E-state index in [-0.39, 0.29) is 12.5 Å². The fourth-order valence-electron chi connectivity index (χ4n) is 0.980. The molecule has 0 aliphatic rings. The Morgan fingerprint density at radius 3 is 2.33 bits per heavy atom. The van der Waals surface area contributed by atoms with E-state index >= 15 is 0 Å². The predicted octanol–water partition coefficient (Wildman–Crippen LogP) is -2.04. The summed E-state index contributed by atoms with van der Waals surface area (Å²) < 4.78 is 0. The number of rotatable bonds is 4. The Kier molecular flexibility index (Phi) is 6.03. The maximum atomic E-state index is 11.4. The topological polar surface area (TPSA) is 105 Å². The predicted molar refractivity (Wildman–Crippen MR) is 53.3 cm³/mol. The SMILES string of the molecule is CCCN(CC(=O)NC)C(=O)C(=O)NN. The Bertz CT molecular complexity index is 254. The van der Waals surface area contributed by atoms with Gasteiger partial charge in [-0.15, -0.1) is 0 Å². The lowest BCUT2D eigenvalue weighted by Crippen LogP contribution is -2.48. The average Bonchev–Trinajstić information content (AvgIpc) is 2.26. The van der Waals surface area contributed by atoms with Gasteiger partial charge in [-0.05, 0) is 6.42 Å². The van der Waals surface area contributed by atoms with Gasteiger partial charge in [0.15, 0.2) is 0 Å². The van der Waals surface area contributed by atoms with E-state index in [0.717, 1.165) is 4.90 Å². The largest absolute Gasteiger partial charge is 0.358 e. The number of nitrogens with one attached hydrogen (secondary N) is 2. The van der Waals surface area contributed by atoms with Gasteiger partial charge >= 0.3 is 11.8 Å². The number of nitrogens with two attached hydrogens (primary N) is 1. The van der Waals surface area contributed by atoms with Crippen LogP contribution in [0.25, 0.3) is 0 Å². The molecule has 3 amide bonds.